The van der Waals surface area contributed by atoms with Gasteiger partial charge in [0.1, 0.15) is 11.4 Å². The van der Waals surface area contributed by atoms with Crippen LogP contribution in [-0.4, -0.2) is 34.5 Å². The van der Waals surface area contributed by atoms with Crippen molar-refractivity contribution < 1.29 is 19.1 Å². The first-order chi connectivity index (χ1) is 13.6. The number of benzene rings is 1. The molecule has 0 saturated heterocycles. The SMILES string of the molecule is CCOC(=O)c1nc2ccccn2c1NC(=O)/C=C/c1ccc(OCC)cc1. The molecular formula is C21H21N3O4. The van der Waals surface area contributed by atoms with Gasteiger partial charge in [0.05, 0.1) is 13.2 Å². The van der Waals surface area contributed by atoms with Crippen molar-refractivity contribution in [2.45, 2.75) is 13.8 Å². The first-order valence-electron chi connectivity index (χ1n) is 8.98. The Balaban J connectivity index is 1.80. The number of amides is 1. The molecular weight excluding hydrogens is 358 g/mol. The van der Waals surface area contributed by atoms with Crippen molar-refractivity contribution in [3.8, 4) is 5.75 Å². The molecule has 3 aromatic rings. The number of anilines is 1. The topological polar surface area (TPSA) is 81.9 Å². The second-order valence-electron chi connectivity index (χ2n) is 5.78. The van der Waals surface area contributed by atoms with E-state index in [-0.39, 0.29) is 24.0 Å². The Morgan fingerprint density at radius 2 is 1.89 bits per heavy atom. The number of carbonyl (C=O) groups is 2. The quantitative estimate of drug-likeness (QED) is 0.501. The maximum atomic E-state index is 12.4. The molecule has 1 amide bonds. The van der Waals surface area contributed by atoms with E-state index >= 15 is 0 Å². The van der Waals surface area contributed by atoms with Gasteiger partial charge in [-0.15, -0.1) is 0 Å². The van der Waals surface area contributed by atoms with Crippen LogP contribution in [0.1, 0.15) is 29.9 Å². The minimum Gasteiger partial charge on any atom is -0.494 e. The van der Waals surface area contributed by atoms with Gasteiger partial charge in [0.2, 0.25) is 5.91 Å². The Kier molecular flexibility index (Phi) is 6.06. The summed E-state index contributed by atoms with van der Waals surface area (Å²) in [5.74, 6) is 0.0754. The highest BCUT2D eigenvalue weighted by Crippen LogP contribution is 2.19. The van der Waals surface area contributed by atoms with E-state index < -0.39 is 5.97 Å². The normalized spacial score (nSPS) is 10.9. The molecule has 2 aromatic heterocycles. The lowest BCUT2D eigenvalue weighted by Gasteiger charge is -2.05. The number of hydrogen-bond acceptors (Lipinski definition) is 5. The molecule has 0 aliphatic heterocycles. The van der Waals surface area contributed by atoms with Crippen molar-refractivity contribution in [3.05, 3.63) is 66.0 Å². The number of esters is 1. The lowest BCUT2D eigenvalue weighted by molar-refractivity contribution is -0.111. The van der Waals surface area contributed by atoms with Crippen molar-refractivity contribution in [3.63, 3.8) is 0 Å². The summed E-state index contributed by atoms with van der Waals surface area (Å²) >= 11 is 0. The van der Waals surface area contributed by atoms with E-state index in [1.165, 1.54) is 6.08 Å². The predicted octanol–water partition coefficient (Wildman–Crippen LogP) is 3.56. The molecule has 0 aliphatic rings. The number of nitrogens with zero attached hydrogens (tertiary/aromatic N) is 2. The molecule has 7 heteroatoms. The summed E-state index contributed by atoms with van der Waals surface area (Å²) in [5, 5.41) is 2.72. The number of nitrogens with one attached hydrogen (secondary N) is 1. The van der Waals surface area contributed by atoms with Crippen LogP contribution >= 0.6 is 0 Å². The Morgan fingerprint density at radius 3 is 2.61 bits per heavy atom. The number of rotatable bonds is 7. The van der Waals surface area contributed by atoms with Crippen LogP contribution in [0.2, 0.25) is 0 Å². The van der Waals surface area contributed by atoms with Crippen LogP contribution in [0.25, 0.3) is 11.7 Å². The summed E-state index contributed by atoms with van der Waals surface area (Å²) in [6, 6.07) is 12.7. The van der Waals surface area contributed by atoms with E-state index in [4.69, 9.17) is 9.47 Å². The maximum absolute atomic E-state index is 12.4. The number of pyridine rings is 1. The fraction of sp³-hybridized carbons (Fsp3) is 0.190. The summed E-state index contributed by atoms with van der Waals surface area (Å²) in [6.45, 7) is 4.45. The Hall–Kier alpha value is -3.61. The number of hydrogen-bond donors (Lipinski definition) is 1. The van der Waals surface area contributed by atoms with Gasteiger partial charge in [0, 0.05) is 12.3 Å². The fourth-order valence-corrected chi connectivity index (χ4v) is 2.63. The van der Waals surface area contributed by atoms with Crippen LogP contribution in [0, 0.1) is 0 Å². The van der Waals surface area contributed by atoms with E-state index in [0.29, 0.717) is 12.3 Å². The highest BCUT2D eigenvalue weighted by Gasteiger charge is 2.21. The van der Waals surface area contributed by atoms with Gasteiger partial charge in [-0.1, -0.05) is 18.2 Å². The van der Waals surface area contributed by atoms with Gasteiger partial charge in [-0.2, -0.15) is 0 Å². The van der Waals surface area contributed by atoms with Gasteiger partial charge in [-0.25, -0.2) is 9.78 Å². The van der Waals surface area contributed by atoms with Gasteiger partial charge in [-0.05, 0) is 49.8 Å². The molecule has 0 spiro atoms. The maximum Gasteiger partial charge on any atom is 0.360 e. The molecule has 7 nitrogen and oxygen atoms in total. The Labute approximate surface area is 162 Å². The second-order valence-corrected chi connectivity index (χ2v) is 5.78. The molecule has 0 aliphatic carbocycles. The number of aromatic nitrogens is 2. The first-order valence-corrected chi connectivity index (χ1v) is 8.98. The van der Waals surface area contributed by atoms with Gasteiger partial charge < -0.3 is 14.8 Å². The van der Waals surface area contributed by atoms with Crippen LogP contribution in [0.4, 0.5) is 5.82 Å². The van der Waals surface area contributed by atoms with Crippen LogP contribution in [-0.2, 0) is 9.53 Å². The van der Waals surface area contributed by atoms with Crippen LogP contribution in [0.3, 0.4) is 0 Å². The highest BCUT2D eigenvalue weighted by molar-refractivity contribution is 6.05. The molecule has 0 fully saturated rings. The molecule has 0 bridgehead atoms. The van der Waals surface area contributed by atoms with Crippen molar-refractivity contribution in [1.82, 2.24) is 9.38 Å². The van der Waals surface area contributed by atoms with Gasteiger partial charge in [0.15, 0.2) is 11.5 Å². The zero-order valence-corrected chi connectivity index (χ0v) is 15.7. The summed E-state index contributed by atoms with van der Waals surface area (Å²) in [4.78, 5) is 28.9. The zero-order valence-electron chi connectivity index (χ0n) is 15.7. The average molecular weight is 379 g/mol. The van der Waals surface area contributed by atoms with Crippen LogP contribution < -0.4 is 10.1 Å². The zero-order chi connectivity index (χ0) is 19.9. The summed E-state index contributed by atoms with van der Waals surface area (Å²) in [7, 11) is 0. The number of ether oxygens (including phenoxy) is 2. The Bertz CT molecular complexity index is 1010. The fourth-order valence-electron chi connectivity index (χ4n) is 2.63. The average Bonchev–Trinajstić information content (AvgIpc) is 3.06. The van der Waals surface area contributed by atoms with E-state index in [1.54, 1.807) is 41.8 Å². The van der Waals surface area contributed by atoms with Crippen molar-refractivity contribution in [2.75, 3.05) is 18.5 Å². The lowest BCUT2D eigenvalue weighted by atomic mass is 10.2. The van der Waals surface area contributed by atoms with E-state index in [1.807, 2.05) is 31.2 Å². The third-order valence-corrected chi connectivity index (χ3v) is 3.86. The molecule has 0 unspecified atom stereocenters. The number of imidazole rings is 1. The van der Waals surface area contributed by atoms with E-state index in [2.05, 4.69) is 10.3 Å². The molecule has 1 N–H and O–H groups in total. The lowest BCUT2D eigenvalue weighted by Crippen LogP contribution is -2.14. The van der Waals surface area contributed by atoms with E-state index in [0.717, 1.165) is 11.3 Å². The molecule has 0 saturated carbocycles. The first kappa shape index (κ1) is 19.2. The smallest absolute Gasteiger partial charge is 0.360 e. The molecule has 144 valence electrons. The minimum absolute atomic E-state index is 0.0656. The standard InChI is InChI=1S/C21H21N3O4/c1-3-27-16-11-8-15(9-12-16)10-13-18(25)23-20-19(21(26)28-4-2)22-17-7-5-6-14-24(17)20/h5-14H,3-4H2,1-2H3,(H,23,25)/b13-10+. The third-order valence-electron chi connectivity index (χ3n) is 3.86. The third kappa shape index (κ3) is 4.37. The number of carbonyl (C=O) groups excluding carboxylic acids is 2. The van der Waals surface area contributed by atoms with Gasteiger partial charge in [-0.3, -0.25) is 9.20 Å². The van der Waals surface area contributed by atoms with Gasteiger partial charge >= 0.3 is 5.97 Å². The van der Waals surface area contributed by atoms with Gasteiger partial charge in [0.25, 0.3) is 0 Å². The minimum atomic E-state index is -0.586. The van der Waals surface area contributed by atoms with Crippen molar-refractivity contribution in [2.24, 2.45) is 0 Å². The van der Waals surface area contributed by atoms with Crippen LogP contribution in [0.15, 0.2) is 54.7 Å². The van der Waals surface area contributed by atoms with Crippen molar-refractivity contribution >= 4 is 29.4 Å². The molecule has 1 aromatic carbocycles. The van der Waals surface area contributed by atoms with Crippen LogP contribution in [0.5, 0.6) is 5.75 Å². The highest BCUT2D eigenvalue weighted by atomic mass is 16.5. The van der Waals surface area contributed by atoms with Crippen molar-refractivity contribution in [1.29, 1.82) is 0 Å². The second kappa shape index (κ2) is 8.85. The summed E-state index contributed by atoms with van der Waals surface area (Å²) in [6.07, 6.45) is 4.79. The number of fused-ring (bicyclic) bond motifs is 1. The molecule has 0 atom stereocenters. The molecule has 28 heavy (non-hydrogen) atoms. The molecule has 0 radical (unpaired) electrons. The largest absolute Gasteiger partial charge is 0.494 e. The molecule has 2 heterocycles. The van der Waals surface area contributed by atoms with E-state index in [9.17, 15) is 9.59 Å². The predicted molar refractivity (Wildman–Crippen MR) is 106 cm³/mol. The Morgan fingerprint density at radius 1 is 1.11 bits per heavy atom. The summed E-state index contributed by atoms with van der Waals surface area (Å²) in [5.41, 5.74) is 1.45. The summed E-state index contributed by atoms with van der Waals surface area (Å²) < 4.78 is 12.1. The monoisotopic (exact) mass is 379 g/mol. The molecule has 3 rings (SSSR count).